The lowest BCUT2D eigenvalue weighted by molar-refractivity contribution is -0.111. The van der Waals surface area contributed by atoms with Crippen LogP contribution in [0, 0.1) is 11.6 Å². The number of hydrogen-bond acceptors (Lipinski definition) is 10. The number of aromatic nitrogens is 2. The van der Waals surface area contributed by atoms with Crippen LogP contribution in [0.5, 0.6) is 5.75 Å². The van der Waals surface area contributed by atoms with Crippen molar-refractivity contribution in [3.8, 4) is 5.75 Å². The highest BCUT2D eigenvalue weighted by atomic mass is 19.1. The molecule has 1 aromatic heterocycles. The zero-order chi connectivity index (χ0) is 34.7. The number of carbonyl (C=O) groups excluding carboxylic acids is 1. The highest BCUT2D eigenvalue weighted by Gasteiger charge is 2.34. The molecule has 3 aliphatic heterocycles. The summed E-state index contributed by atoms with van der Waals surface area (Å²) in [5.41, 5.74) is 2.52. The number of hydrogen-bond donors (Lipinski definition) is 2. The molecule has 11 nitrogen and oxygen atoms in total. The molecule has 0 unspecified atom stereocenters. The minimum Gasteiger partial charge on any atom is -0.494 e. The number of nitrogens with zero attached hydrogens (tertiary/aromatic N) is 6. The van der Waals surface area contributed by atoms with Crippen LogP contribution in [-0.4, -0.2) is 90.2 Å². The number of piperidine rings is 1. The third kappa shape index (κ3) is 7.63. The molecular formula is C36H46F2N8O3. The molecular weight excluding hydrogens is 630 g/mol. The maximum Gasteiger partial charge on any atom is 0.247 e. The van der Waals surface area contributed by atoms with E-state index in [9.17, 15) is 13.6 Å². The fourth-order valence-electron chi connectivity index (χ4n) is 7.61. The molecule has 2 aromatic carbocycles. The first kappa shape index (κ1) is 34.5. The molecule has 4 heterocycles. The first-order chi connectivity index (χ1) is 23.7. The predicted molar refractivity (Wildman–Crippen MR) is 187 cm³/mol. The van der Waals surface area contributed by atoms with Gasteiger partial charge in [-0.25, -0.2) is 23.8 Å². The summed E-state index contributed by atoms with van der Waals surface area (Å²) in [4.78, 5) is 34.8. The summed E-state index contributed by atoms with van der Waals surface area (Å²) in [5, 5.41) is 7.84. The molecule has 1 amide bonds. The Hall–Kier alpha value is -4.33. The summed E-state index contributed by atoms with van der Waals surface area (Å²) in [5.74, 6) is -0.203. The molecule has 0 aliphatic carbocycles. The SMILES string of the molecule is C=CC(=O)Nc1cc(Nc2cc(N3OCC[C@@H]3c3cc(F)cc(F)c3)ncn2)c(OC)cc1N1CCC(N2C[C@@H](C)N(CC)[C@@H](C)C2)CC1. The van der Waals surface area contributed by atoms with Crippen LogP contribution in [-0.2, 0) is 9.63 Å². The van der Waals surface area contributed by atoms with Crippen molar-refractivity contribution in [2.24, 2.45) is 0 Å². The Morgan fingerprint density at radius 3 is 2.39 bits per heavy atom. The van der Waals surface area contributed by atoms with Crippen molar-refractivity contribution in [3.05, 3.63) is 72.6 Å². The van der Waals surface area contributed by atoms with Gasteiger partial charge in [0.2, 0.25) is 5.91 Å². The predicted octanol–water partition coefficient (Wildman–Crippen LogP) is 5.90. The first-order valence-corrected chi connectivity index (χ1v) is 17.0. The van der Waals surface area contributed by atoms with E-state index in [1.165, 1.54) is 24.5 Å². The largest absolute Gasteiger partial charge is 0.494 e. The van der Waals surface area contributed by atoms with Gasteiger partial charge in [-0.3, -0.25) is 19.4 Å². The molecule has 3 fully saturated rings. The van der Waals surface area contributed by atoms with Gasteiger partial charge in [0, 0.05) is 68.9 Å². The molecule has 3 aromatic rings. The van der Waals surface area contributed by atoms with Gasteiger partial charge in [0.15, 0.2) is 5.82 Å². The molecule has 3 aliphatic rings. The number of halogens is 2. The fraction of sp³-hybridized carbons (Fsp3) is 0.472. The number of piperazine rings is 1. The van der Waals surface area contributed by atoms with Crippen LogP contribution in [0.15, 0.2) is 55.4 Å². The molecule has 0 spiro atoms. The molecule has 3 atom stereocenters. The summed E-state index contributed by atoms with van der Waals surface area (Å²) in [6.45, 7) is 15.8. The molecule has 49 heavy (non-hydrogen) atoms. The van der Waals surface area contributed by atoms with E-state index in [1.807, 2.05) is 12.1 Å². The van der Waals surface area contributed by atoms with E-state index in [1.54, 1.807) is 18.2 Å². The highest BCUT2D eigenvalue weighted by Crippen LogP contribution is 2.41. The van der Waals surface area contributed by atoms with Gasteiger partial charge < -0.3 is 20.3 Å². The maximum atomic E-state index is 14.0. The summed E-state index contributed by atoms with van der Waals surface area (Å²) < 4.78 is 33.9. The Morgan fingerprint density at radius 1 is 1.02 bits per heavy atom. The molecule has 2 N–H and O–H groups in total. The van der Waals surface area contributed by atoms with Crippen LogP contribution >= 0.6 is 0 Å². The number of nitrogens with one attached hydrogen (secondary N) is 2. The second-order valence-electron chi connectivity index (χ2n) is 13.0. The second-order valence-corrected chi connectivity index (χ2v) is 13.0. The van der Waals surface area contributed by atoms with Crippen LogP contribution in [0.4, 0.5) is 37.5 Å². The third-order valence-electron chi connectivity index (χ3n) is 9.89. The first-order valence-electron chi connectivity index (χ1n) is 17.0. The normalized spacial score (nSPS) is 22.3. The number of amides is 1. The van der Waals surface area contributed by atoms with E-state index >= 15 is 0 Å². The Labute approximate surface area is 286 Å². The van der Waals surface area contributed by atoms with Gasteiger partial charge >= 0.3 is 0 Å². The summed E-state index contributed by atoms with van der Waals surface area (Å²) >= 11 is 0. The van der Waals surface area contributed by atoms with E-state index in [2.05, 4.69) is 62.7 Å². The average Bonchev–Trinajstić information content (AvgIpc) is 3.59. The number of likely N-dealkylation sites (N-methyl/N-ethyl adjacent to an activating group) is 1. The lowest BCUT2D eigenvalue weighted by Crippen LogP contribution is -2.60. The van der Waals surface area contributed by atoms with Gasteiger partial charge in [0.05, 0.1) is 36.8 Å². The van der Waals surface area contributed by atoms with Gasteiger partial charge in [-0.05, 0) is 63.1 Å². The molecule has 0 saturated carbocycles. The summed E-state index contributed by atoms with van der Waals surface area (Å²) in [7, 11) is 1.60. The number of rotatable bonds is 10. The molecule has 13 heteroatoms. The van der Waals surface area contributed by atoms with Gasteiger partial charge in [-0.1, -0.05) is 13.5 Å². The second kappa shape index (κ2) is 15.1. The maximum absolute atomic E-state index is 14.0. The highest BCUT2D eigenvalue weighted by molar-refractivity contribution is 6.02. The van der Waals surface area contributed by atoms with Crippen molar-refractivity contribution in [2.75, 3.05) is 67.0 Å². The van der Waals surface area contributed by atoms with Crippen LogP contribution in [0.25, 0.3) is 0 Å². The van der Waals surface area contributed by atoms with E-state index < -0.39 is 17.7 Å². The van der Waals surface area contributed by atoms with Crippen LogP contribution in [0.2, 0.25) is 0 Å². The Morgan fingerprint density at radius 2 is 1.73 bits per heavy atom. The zero-order valence-electron chi connectivity index (χ0n) is 28.7. The van der Waals surface area contributed by atoms with Gasteiger partial charge in [-0.2, -0.15) is 0 Å². The van der Waals surface area contributed by atoms with Crippen molar-refractivity contribution in [1.82, 2.24) is 19.8 Å². The fourth-order valence-corrected chi connectivity index (χ4v) is 7.61. The molecule has 262 valence electrons. The molecule has 0 radical (unpaired) electrons. The number of benzene rings is 2. The van der Waals surface area contributed by atoms with Gasteiger partial charge in [-0.15, -0.1) is 0 Å². The number of methoxy groups -OCH3 is 1. The van der Waals surface area contributed by atoms with Crippen LogP contribution < -0.4 is 25.3 Å². The standard InChI is InChI=1S/C36H46F2N8O3/c1-6-36(47)42-29-17-30(41-34-19-35(40-22-39-34)46-31(10-13-49-46)25-14-26(37)16-27(38)15-25)33(48-5)18-32(29)43-11-8-28(9-12-43)44-20-23(3)45(7-2)24(4)21-44/h6,14-19,22-24,28,31H,1,7-13,20-21H2,2-5H3,(H,42,47)(H,39,40,41)/t23-,24+,31-/m1/s1. The van der Waals surface area contributed by atoms with Gasteiger partial charge in [0.1, 0.15) is 29.5 Å². The monoisotopic (exact) mass is 676 g/mol. The minimum absolute atomic E-state index is 0.320. The van der Waals surface area contributed by atoms with Crippen LogP contribution in [0.1, 0.15) is 51.6 Å². The van der Waals surface area contributed by atoms with Crippen molar-refractivity contribution in [1.29, 1.82) is 0 Å². The third-order valence-corrected chi connectivity index (χ3v) is 9.89. The Kier molecular flexibility index (Phi) is 10.6. The van der Waals surface area contributed by atoms with Crippen molar-refractivity contribution >= 4 is 34.6 Å². The number of hydroxylamine groups is 1. The van der Waals surface area contributed by atoms with E-state index in [-0.39, 0.29) is 5.91 Å². The lowest BCUT2D eigenvalue weighted by atomic mass is 9.98. The van der Waals surface area contributed by atoms with E-state index in [0.717, 1.165) is 57.3 Å². The zero-order valence-corrected chi connectivity index (χ0v) is 28.7. The van der Waals surface area contributed by atoms with Crippen molar-refractivity contribution < 1.29 is 23.1 Å². The molecule has 3 saturated heterocycles. The smallest absolute Gasteiger partial charge is 0.247 e. The quantitative estimate of drug-likeness (QED) is 0.253. The topological polar surface area (TPSA) is 98.3 Å². The number of anilines is 5. The minimum atomic E-state index is -0.652. The number of carbonyl (C=O) groups is 1. The van der Waals surface area contributed by atoms with E-state index in [0.29, 0.717) is 65.5 Å². The average molecular weight is 677 g/mol. The van der Waals surface area contributed by atoms with E-state index in [4.69, 9.17) is 9.57 Å². The Bertz CT molecular complexity index is 1620. The van der Waals surface area contributed by atoms with Crippen LogP contribution in [0.3, 0.4) is 0 Å². The lowest BCUT2D eigenvalue weighted by Gasteiger charge is -2.48. The Balaban J connectivity index is 1.21. The van der Waals surface area contributed by atoms with Crippen molar-refractivity contribution in [3.63, 3.8) is 0 Å². The molecule has 6 rings (SSSR count). The van der Waals surface area contributed by atoms with Gasteiger partial charge in [0.25, 0.3) is 0 Å². The molecule has 0 bridgehead atoms. The van der Waals surface area contributed by atoms with Crippen molar-refractivity contribution in [2.45, 2.75) is 64.2 Å². The summed E-state index contributed by atoms with van der Waals surface area (Å²) in [6.07, 6.45) is 5.21. The summed E-state index contributed by atoms with van der Waals surface area (Å²) in [6, 6.07) is 10.1. The number of ether oxygens (including phenoxy) is 1.